The normalized spacial score (nSPS) is 13.6. The Morgan fingerprint density at radius 1 is 0.854 bits per heavy atom. The lowest BCUT2D eigenvalue weighted by Crippen LogP contribution is -2.53. The fourth-order valence-corrected chi connectivity index (χ4v) is 5.01. The number of anilines is 2. The van der Waals surface area contributed by atoms with Gasteiger partial charge in [-0.15, -0.1) is 0 Å². The summed E-state index contributed by atoms with van der Waals surface area (Å²) in [6, 6.07) is 29.6. The molecule has 0 spiro atoms. The zero-order valence-corrected chi connectivity index (χ0v) is 24.5. The average Bonchev–Trinajstić information content (AvgIpc) is 3.04. The molecule has 1 saturated heterocycles. The van der Waals surface area contributed by atoms with Crippen LogP contribution in [-0.2, 0) is 6.54 Å². The van der Waals surface area contributed by atoms with Crippen molar-refractivity contribution in [2.45, 2.75) is 13.0 Å². The molecule has 2 aromatic carbocycles. The zero-order valence-electron chi connectivity index (χ0n) is 22.9. The van der Waals surface area contributed by atoms with Crippen LogP contribution < -0.4 is 15.1 Å². The second-order valence-electron chi connectivity index (χ2n) is 9.78. The van der Waals surface area contributed by atoms with E-state index in [4.69, 9.17) is 0 Å². The van der Waals surface area contributed by atoms with Crippen molar-refractivity contribution in [2.75, 3.05) is 49.1 Å². The maximum atomic E-state index is 13.0. The maximum absolute atomic E-state index is 13.0. The summed E-state index contributed by atoms with van der Waals surface area (Å²) in [4.78, 5) is 33.4. The Balaban J connectivity index is 1.24. The Morgan fingerprint density at radius 2 is 1.56 bits per heavy atom. The largest absolute Gasteiger partial charge is 0.356 e. The van der Waals surface area contributed by atoms with Gasteiger partial charge in [-0.25, -0.2) is 9.97 Å². The first-order valence-electron chi connectivity index (χ1n) is 13.9. The van der Waals surface area contributed by atoms with Gasteiger partial charge >= 0.3 is 0 Å². The minimum absolute atomic E-state index is 0.245. The van der Waals surface area contributed by atoms with Crippen molar-refractivity contribution >= 4 is 39.4 Å². The number of carbonyl (C=O) groups excluding carboxylic acids is 1. The number of guanidine groups is 1. The molecule has 0 aliphatic carbocycles. The predicted molar refractivity (Wildman–Crippen MR) is 168 cm³/mol. The van der Waals surface area contributed by atoms with E-state index in [0.717, 1.165) is 61.8 Å². The second kappa shape index (κ2) is 14.4. The summed E-state index contributed by atoms with van der Waals surface area (Å²) >= 11 is 3.52. The molecule has 2 aromatic heterocycles. The van der Waals surface area contributed by atoms with E-state index in [0.29, 0.717) is 18.1 Å². The third-order valence-corrected chi connectivity index (χ3v) is 7.46. The van der Waals surface area contributed by atoms with E-state index in [9.17, 15) is 4.79 Å². The minimum atomic E-state index is -0.245. The van der Waals surface area contributed by atoms with Gasteiger partial charge in [0.25, 0.3) is 5.91 Å². The fraction of sp³-hybridized carbons (Fsp3) is 0.250. The van der Waals surface area contributed by atoms with E-state index in [1.54, 1.807) is 12.1 Å². The third kappa shape index (κ3) is 8.14. The SMILES string of the molecule is O=C(N=C(NCCCN(Cc1ccc(Br)cc1)c1ccccn1)N1CCN(c2ccccn2)CC1)c1ccccc1. The minimum Gasteiger partial charge on any atom is -0.356 e. The molecule has 1 N–H and O–H groups in total. The fourth-order valence-electron chi connectivity index (χ4n) is 4.75. The van der Waals surface area contributed by atoms with Crippen molar-refractivity contribution < 1.29 is 4.79 Å². The summed E-state index contributed by atoms with van der Waals surface area (Å²) in [7, 11) is 0. The van der Waals surface area contributed by atoms with Crippen LogP contribution in [0.25, 0.3) is 0 Å². The number of hydrogen-bond acceptors (Lipinski definition) is 5. The summed E-state index contributed by atoms with van der Waals surface area (Å²) in [5.41, 5.74) is 1.79. The molecular weight excluding hydrogens is 578 g/mol. The number of rotatable bonds is 9. The number of benzene rings is 2. The lowest BCUT2D eigenvalue weighted by molar-refractivity contribution is 0.100. The molecule has 210 valence electrons. The molecule has 0 unspecified atom stereocenters. The van der Waals surface area contributed by atoms with Crippen molar-refractivity contribution in [1.82, 2.24) is 20.2 Å². The molecule has 3 heterocycles. The van der Waals surface area contributed by atoms with Crippen LogP contribution in [0, 0.1) is 0 Å². The van der Waals surface area contributed by atoms with E-state index in [1.807, 2.05) is 67.0 Å². The molecule has 1 aliphatic heterocycles. The predicted octanol–water partition coefficient (Wildman–Crippen LogP) is 5.24. The number of piperazine rings is 1. The summed E-state index contributed by atoms with van der Waals surface area (Å²) in [5, 5.41) is 3.49. The first-order chi connectivity index (χ1) is 20.2. The number of carbonyl (C=O) groups is 1. The molecule has 1 aliphatic rings. The van der Waals surface area contributed by atoms with Gasteiger partial charge in [-0.1, -0.05) is 58.4 Å². The van der Waals surface area contributed by atoms with Gasteiger partial charge in [-0.2, -0.15) is 4.99 Å². The smallest absolute Gasteiger partial charge is 0.280 e. The van der Waals surface area contributed by atoms with Gasteiger partial charge < -0.3 is 20.0 Å². The molecule has 1 amide bonds. The van der Waals surface area contributed by atoms with Crippen LogP contribution in [0.15, 0.2) is 113 Å². The van der Waals surface area contributed by atoms with Crippen molar-refractivity contribution in [1.29, 1.82) is 0 Å². The number of nitrogens with zero attached hydrogens (tertiary/aromatic N) is 6. The number of pyridine rings is 2. The van der Waals surface area contributed by atoms with Gasteiger partial charge in [0.05, 0.1) is 0 Å². The van der Waals surface area contributed by atoms with E-state index < -0.39 is 0 Å². The van der Waals surface area contributed by atoms with E-state index >= 15 is 0 Å². The highest BCUT2D eigenvalue weighted by Crippen LogP contribution is 2.17. The molecular formula is C32H34BrN7O. The molecule has 0 radical (unpaired) electrons. The summed E-state index contributed by atoms with van der Waals surface area (Å²) < 4.78 is 1.06. The molecule has 1 fully saturated rings. The van der Waals surface area contributed by atoms with Crippen molar-refractivity contribution in [2.24, 2.45) is 4.99 Å². The van der Waals surface area contributed by atoms with E-state index in [2.05, 4.69) is 75.2 Å². The van der Waals surface area contributed by atoms with Gasteiger partial charge in [0.15, 0.2) is 0 Å². The molecule has 4 aromatic rings. The van der Waals surface area contributed by atoms with Gasteiger partial charge in [0.1, 0.15) is 11.6 Å². The molecule has 0 atom stereocenters. The number of amides is 1. The number of hydrogen-bond donors (Lipinski definition) is 1. The summed E-state index contributed by atoms with van der Waals surface area (Å²) in [5.74, 6) is 2.29. The molecule has 5 rings (SSSR count). The van der Waals surface area contributed by atoms with Gasteiger partial charge in [0.2, 0.25) is 5.96 Å². The van der Waals surface area contributed by atoms with Crippen LogP contribution in [0.5, 0.6) is 0 Å². The van der Waals surface area contributed by atoms with Gasteiger partial charge in [-0.05, 0) is 60.5 Å². The zero-order chi connectivity index (χ0) is 28.3. The highest BCUT2D eigenvalue weighted by atomic mass is 79.9. The quantitative estimate of drug-likeness (QED) is 0.157. The maximum Gasteiger partial charge on any atom is 0.280 e. The van der Waals surface area contributed by atoms with Crippen LogP contribution in [0.2, 0.25) is 0 Å². The van der Waals surface area contributed by atoms with Gasteiger partial charge in [0, 0.05) is 68.2 Å². The van der Waals surface area contributed by atoms with Crippen LogP contribution in [-0.4, -0.2) is 66.0 Å². The molecule has 0 saturated carbocycles. The van der Waals surface area contributed by atoms with Gasteiger partial charge in [-0.3, -0.25) is 4.79 Å². The third-order valence-electron chi connectivity index (χ3n) is 6.93. The van der Waals surface area contributed by atoms with Crippen LogP contribution >= 0.6 is 15.9 Å². The standard InChI is InChI=1S/C32H34BrN7O/c33-28-15-13-26(14-16-28)25-40(30-12-5-7-18-35-30)20-8-19-36-32(37-31(41)27-9-2-1-3-10-27)39-23-21-38(22-24-39)29-11-4-6-17-34-29/h1-7,9-18H,8,19-25H2,(H,36,37,41). The number of aromatic nitrogens is 2. The Labute approximate surface area is 249 Å². The average molecular weight is 613 g/mol. The topological polar surface area (TPSA) is 77.0 Å². The molecule has 0 bridgehead atoms. The van der Waals surface area contributed by atoms with Crippen molar-refractivity contribution in [3.63, 3.8) is 0 Å². The van der Waals surface area contributed by atoms with Crippen LogP contribution in [0.4, 0.5) is 11.6 Å². The number of nitrogens with one attached hydrogen (secondary N) is 1. The van der Waals surface area contributed by atoms with Crippen LogP contribution in [0.3, 0.4) is 0 Å². The summed E-state index contributed by atoms with van der Waals surface area (Å²) in [6.45, 7) is 5.32. The molecule has 41 heavy (non-hydrogen) atoms. The van der Waals surface area contributed by atoms with Crippen molar-refractivity contribution in [3.05, 3.63) is 119 Å². The Kier molecular flexibility index (Phi) is 9.94. The lowest BCUT2D eigenvalue weighted by atomic mass is 10.2. The molecule has 9 heteroatoms. The number of halogens is 1. The first-order valence-corrected chi connectivity index (χ1v) is 14.7. The Morgan fingerprint density at radius 3 is 2.24 bits per heavy atom. The second-order valence-corrected chi connectivity index (χ2v) is 10.7. The molecule has 8 nitrogen and oxygen atoms in total. The summed E-state index contributed by atoms with van der Waals surface area (Å²) in [6.07, 6.45) is 4.49. The Bertz CT molecular complexity index is 1390. The highest BCUT2D eigenvalue weighted by Gasteiger charge is 2.22. The number of aliphatic imine (C=N–C) groups is 1. The Hall–Kier alpha value is -4.24. The van der Waals surface area contributed by atoms with Crippen molar-refractivity contribution in [3.8, 4) is 0 Å². The van der Waals surface area contributed by atoms with Crippen LogP contribution in [0.1, 0.15) is 22.3 Å². The van der Waals surface area contributed by atoms with E-state index in [1.165, 1.54) is 5.56 Å². The first kappa shape index (κ1) is 28.3. The highest BCUT2D eigenvalue weighted by molar-refractivity contribution is 9.10. The van der Waals surface area contributed by atoms with E-state index in [-0.39, 0.29) is 5.91 Å². The lowest BCUT2D eigenvalue weighted by Gasteiger charge is -2.37. The monoisotopic (exact) mass is 611 g/mol.